The van der Waals surface area contributed by atoms with Gasteiger partial charge in [-0.3, -0.25) is 4.98 Å². The highest BCUT2D eigenvalue weighted by Gasteiger charge is 2.22. The lowest BCUT2D eigenvalue weighted by Crippen LogP contribution is -2.37. The van der Waals surface area contributed by atoms with Crippen LogP contribution < -0.4 is 4.90 Å². The lowest BCUT2D eigenvalue weighted by Gasteiger charge is -2.28. The Labute approximate surface area is 196 Å². The Hall–Kier alpha value is -3.43. The van der Waals surface area contributed by atoms with Crippen molar-refractivity contribution < 1.29 is 13.9 Å². The third-order valence-electron chi connectivity index (χ3n) is 6.46. The van der Waals surface area contributed by atoms with Gasteiger partial charge in [0.25, 0.3) is 5.95 Å². The average molecular weight is 461 g/mol. The van der Waals surface area contributed by atoms with Gasteiger partial charge < -0.3 is 14.4 Å². The summed E-state index contributed by atoms with van der Waals surface area (Å²) in [6, 6.07) is 10.3. The quantitative estimate of drug-likeness (QED) is 0.459. The Kier molecular flexibility index (Phi) is 5.64. The summed E-state index contributed by atoms with van der Waals surface area (Å²) in [7, 11) is 0. The SMILES string of the molecule is Fc1ccc(-c2ccn(-c3nc(N4CCOCC4)c4ncc(C5CCOCC5)cc4n3)n2)cc1. The van der Waals surface area contributed by atoms with Crippen LogP contribution in [-0.2, 0) is 9.47 Å². The third kappa shape index (κ3) is 4.12. The van der Waals surface area contributed by atoms with Crippen molar-refractivity contribution in [1.29, 1.82) is 0 Å². The molecular weight excluding hydrogens is 435 g/mol. The van der Waals surface area contributed by atoms with E-state index >= 15 is 0 Å². The highest BCUT2D eigenvalue weighted by molar-refractivity contribution is 5.86. The Morgan fingerprint density at radius 1 is 0.912 bits per heavy atom. The molecule has 8 nitrogen and oxygen atoms in total. The minimum absolute atomic E-state index is 0.274. The summed E-state index contributed by atoms with van der Waals surface area (Å²) in [6.45, 7) is 4.34. The lowest BCUT2D eigenvalue weighted by atomic mass is 9.93. The van der Waals surface area contributed by atoms with Gasteiger partial charge in [-0.05, 0) is 60.7 Å². The number of nitrogens with zero attached hydrogens (tertiary/aromatic N) is 6. The first-order chi connectivity index (χ1) is 16.7. The van der Waals surface area contributed by atoms with Crippen molar-refractivity contribution >= 4 is 16.9 Å². The molecule has 3 aromatic heterocycles. The standard InChI is InChI=1S/C25H25FN6O2/c26-20-3-1-18(2-4-20)21-5-8-32(30-21)25-28-22-15-19(17-6-11-33-12-7-17)16-27-23(22)24(29-25)31-9-13-34-14-10-31/h1-5,8,15-17H,6-7,9-14H2. The fourth-order valence-corrected chi connectivity index (χ4v) is 4.57. The summed E-state index contributed by atoms with van der Waals surface area (Å²) in [5.74, 6) is 1.42. The second-order valence-corrected chi connectivity index (χ2v) is 8.62. The first kappa shape index (κ1) is 21.1. The summed E-state index contributed by atoms with van der Waals surface area (Å²) in [6.07, 6.45) is 5.77. The predicted octanol–water partition coefficient (Wildman–Crippen LogP) is 3.75. The fraction of sp³-hybridized carbons (Fsp3) is 0.360. The molecule has 0 unspecified atom stereocenters. The summed E-state index contributed by atoms with van der Waals surface area (Å²) >= 11 is 0. The second-order valence-electron chi connectivity index (χ2n) is 8.62. The smallest absolute Gasteiger partial charge is 0.253 e. The predicted molar refractivity (Wildman–Crippen MR) is 126 cm³/mol. The molecular formula is C25H25FN6O2. The van der Waals surface area contributed by atoms with E-state index in [1.165, 1.54) is 17.7 Å². The number of ether oxygens (including phenoxy) is 2. The number of pyridine rings is 1. The largest absolute Gasteiger partial charge is 0.381 e. The van der Waals surface area contributed by atoms with Gasteiger partial charge >= 0.3 is 0 Å². The average Bonchev–Trinajstić information content (AvgIpc) is 3.39. The van der Waals surface area contributed by atoms with E-state index in [0.29, 0.717) is 25.1 Å². The van der Waals surface area contributed by atoms with Crippen LogP contribution in [0.15, 0.2) is 48.8 Å². The number of halogens is 1. The number of hydrogen-bond acceptors (Lipinski definition) is 7. The Morgan fingerprint density at radius 3 is 2.47 bits per heavy atom. The first-order valence-corrected chi connectivity index (χ1v) is 11.6. The molecule has 6 rings (SSSR count). The van der Waals surface area contributed by atoms with Crippen LogP contribution >= 0.6 is 0 Å². The van der Waals surface area contributed by atoms with Crippen molar-refractivity contribution in [2.75, 3.05) is 44.4 Å². The number of benzene rings is 1. The van der Waals surface area contributed by atoms with E-state index in [-0.39, 0.29) is 5.82 Å². The molecule has 0 saturated carbocycles. The van der Waals surface area contributed by atoms with Crippen LogP contribution in [0.4, 0.5) is 10.2 Å². The van der Waals surface area contributed by atoms with Crippen molar-refractivity contribution in [3.63, 3.8) is 0 Å². The number of rotatable bonds is 4. The van der Waals surface area contributed by atoms with Crippen LogP contribution in [0.5, 0.6) is 0 Å². The molecule has 0 N–H and O–H groups in total. The number of aromatic nitrogens is 5. The highest BCUT2D eigenvalue weighted by atomic mass is 19.1. The maximum Gasteiger partial charge on any atom is 0.253 e. The van der Waals surface area contributed by atoms with Gasteiger partial charge in [0.1, 0.15) is 11.3 Å². The summed E-state index contributed by atoms with van der Waals surface area (Å²) in [4.78, 5) is 16.7. The lowest BCUT2D eigenvalue weighted by molar-refractivity contribution is 0.0853. The Morgan fingerprint density at radius 2 is 1.68 bits per heavy atom. The number of morpholine rings is 1. The van der Waals surface area contributed by atoms with E-state index in [9.17, 15) is 4.39 Å². The minimum Gasteiger partial charge on any atom is -0.381 e. The van der Waals surface area contributed by atoms with Crippen molar-refractivity contribution in [2.45, 2.75) is 18.8 Å². The van der Waals surface area contributed by atoms with Crippen LogP contribution in [0.1, 0.15) is 24.3 Å². The van der Waals surface area contributed by atoms with E-state index in [0.717, 1.165) is 67.3 Å². The fourth-order valence-electron chi connectivity index (χ4n) is 4.57. The normalized spacial score (nSPS) is 17.4. The molecule has 2 aliphatic rings. The Balaban J connectivity index is 1.43. The zero-order chi connectivity index (χ0) is 22.9. The molecule has 0 spiro atoms. The molecule has 2 saturated heterocycles. The second kappa shape index (κ2) is 9.08. The van der Waals surface area contributed by atoms with Gasteiger partial charge in [-0.25, -0.2) is 14.1 Å². The third-order valence-corrected chi connectivity index (χ3v) is 6.46. The molecule has 2 fully saturated rings. The maximum atomic E-state index is 13.3. The number of hydrogen-bond donors (Lipinski definition) is 0. The molecule has 9 heteroatoms. The zero-order valence-corrected chi connectivity index (χ0v) is 18.7. The van der Waals surface area contributed by atoms with Crippen molar-refractivity contribution in [1.82, 2.24) is 24.7 Å². The number of anilines is 1. The van der Waals surface area contributed by atoms with Gasteiger partial charge in [0.2, 0.25) is 0 Å². The van der Waals surface area contributed by atoms with Gasteiger partial charge in [-0.15, -0.1) is 0 Å². The molecule has 174 valence electrons. The van der Waals surface area contributed by atoms with Gasteiger partial charge in [-0.1, -0.05) is 0 Å². The molecule has 0 radical (unpaired) electrons. The maximum absolute atomic E-state index is 13.3. The molecule has 34 heavy (non-hydrogen) atoms. The van der Waals surface area contributed by atoms with E-state index in [4.69, 9.17) is 24.4 Å². The van der Waals surface area contributed by atoms with Crippen LogP contribution in [0.25, 0.3) is 28.2 Å². The highest BCUT2D eigenvalue weighted by Crippen LogP contribution is 2.31. The molecule has 0 bridgehead atoms. The zero-order valence-electron chi connectivity index (χ0n) is 18.7. The molecule has 5 heterocycles. The Bertz CT molecular complexity index is 1300. The van der Waals surface area contributed by atoms with Crippen molar-refractivity contribution in [2.24, 2.45) is 0 Å². The topological polar surface area (TPSA) is 78.2 Å². The number of fused-ring (bicyclic) bond motifs is 1. The van der Waals surface area contributed by atoms with Crippen LogP contribution in [0, 0.1) is 5.82 Å². The summed E-state index contributed by atoms with van der Waals surface area (Å²) < 4.78 is 26.1. The van der Waals surface area contributed by atoms with Gasteiger partial charge in [0.05, 0.1) is 24.4 Å². The van der Waals surface area contributed by atoms with Crippen LogP contribution in [0.3, 0.4) is 0 Å². The van der Waals surface area contributed by atoms with Crippen molar-refractivity contribution in [3.05, 3.63) is 60.2 Å². The van der Waals surface area contributed by atoms with Gasteiger partial charge in [0, 0.05) is 44.3 Å². The summed E-state index contributed by atoms with van der Waals surface area (Å²) in [5.41, 5.74) is 4.33. The minimum atomic E-state index is -0.274. The van der Waals surface area contributed by atoms with Crippen LogP contribution in [0.2, 0.25) is 0 Å². The molecule has 0 amide bonds. The molecule has 2 aliphatic heterocycles. The van der Waals surface area contributed by atoms with E-state index in [1.54, 1.807) is 16.8 Å². The van der Waals surface area contributed by atoms with E-state index in [2.05, 4.69) is 16.1 Å². The van der Waals surface area contributed by atoms with Gasteiger partial charge in [0.15, 0.2) is 5.82 Å². The molecule has 0 aliphatic carbocycles. The van der Waals surface area contributed by atoms with Gasteiger partial charge in [-0.2, -0.15) is 10.1 Å². The van der Waals surface area contributed by atoms with Crippen molar-refractivity contribution in [3.8, 4) is 17.2 Å². The van der Waals surface area contributed by atoms with Crippen LogP contribution in [-0.4, -0.2) is 64.2 Å². The first-order valence-electron chi connectivity index (χ1n) is 11.6. The van der Waals surface area contributed by atoms with E-state index < -0.39 is 0 Å². The molecule has 4 aromatic rings. The van der Waals surface area contributed by atoms with E-state index in [1.807, 2.05) is 18.5 Å². The monoisotopic (exact) mass is 460 g/mol. The molecule has 1 aromatic carbocycles. The molecule has 0 atom stereocenters. The summed E-state index contributed by atoms with van der Waals surface area (Å²) in [5, 5.41) is 4.67.